The van der Waals surface area contributed by atoms with E-state index in [1.807, 2.05) is 36.4 Å². The van der Waals surface area contributed by atoms with Crippen LogP contribution < -0.4 is 14.4 Å². The lowest BCUT2D eigenvalue weighted by molar-refractivity contribution is 0.0509. The first-order valence-corrected chi connectivity index (χ1v) is 9.87. The van der Waals surface area contributed by atoms with Crippen molar-refractivity contribution in [2.75, 3.05) is 58.0 Å². The van der Waals surface area contributed by atoms with Crippen molar-refractivity contribution in [1.29, 1.82) is 0 Å². The van der Waals surface area contributed by atoms with Crippen LogP contribution in [-0.4, -0.2) is 68.8 Å². The summed E-state index contributed by atoms with van der Waals surface area (Å²) in [6.07, 6.45) is 0.950. The molecule has 2 aliphatic rings. The smallest absolute Gasteiger partial charge is 0.260 e. The number of hydrogen-bond acceptors (Lipinski definition) is 5. The molecule has 0 radical (unpaired) electrons. The van der Waals surface area contributed by atoms with Crippen LogP contribution >= 0.6 is 0 Å². The molecule has 1 amide bonds. The monoisotopic (exact) mass is 381 g/mol. The zero-order valence-electron chi connectivity index (χ0n) is 16.3. The highest BCUT2D eigenvalue weighted by Crippen LogP contribution is 2.28. The first-order chi connectivity index (χ1) is 13.8. The maximum atomic E-state index is 12.6. The average molecular weight is 381 g/mol. The van der Waals surface area contributed by atoms with Crippen LogP contribution in [-0.2, 0) is 0 Å². The molecule has 0 atom stereocenters. The number of benzene rings is 2. The second kappa shape index (κ2) is 8.52. The van der Waals surface area contributed by atoms with Crippen LogP contribution in [0.2, 0.25) is 0 Å². The van der Waals surface area contributed by atoms with Crippen LogP contribution in [0, 0.1) is 0 Å². The van der Waals surface area contributed by atoms with E-state index >= 15 is 0 Å². The first-order valence-electron chi connectivity index (χ1n) is 9.87. The van der Waals surface area contributed by atoms with Gasteiger partial charge in [0, 0.05) is 32.7 Å². The predicted octanol–water partition coefficient (Wildman–Crippen LogP) is 2.70. The fourth-order valence-electron chi connectivity index (χ4n) is 3.90. The molecule has 0 saturated carbocycles. The highest BCUT2D eigenvalue weighted by molar-refractivity contribution is 5.97. The van der Waals surface area contributed by atoms with Crippen molar-refractivity contribution in [3.05, 3.63) is 54.1 Å². The molecule has 0 aromatic heterocycles. The van der Waals surface area contributed by atoms with Crippen molar-refractivity contribution in [1.82, 2.24) is 9.80 Å². The van der Waals surface area contributed by atoms with E-state index < -0.39 is 0 Å². The molecule has 6 heteroatoms. The zero-order chi connectivity index (χ0) is 19.3. The Kier molecular flexibility index (Phi) is 5.67. The second-order valence-corrected chi connectivity index (χ2v) is 7.19. The van der Waals surface area contributed by atoms with Crippen molar-refractivity contribution in [2.24, 2.45) is 0 Å². The van der Waals surface area contributed by atoms with E-state index in [9.17, 15) is 4.79 Å². The van der Waals surface area contributed by atoms with Gasteiger partial charge in [-0.15, -0.1) is 0 Å². The number of carbonyl (C=O) groups excluding carboxylic acids is 1. The van der Waals surface area contributed by atoms with Gasteiger partial charge in [-0.2, -0.15) is 0 Å². The van der Waals surface area contributed by atoms with E-state index in [2.05, 4.69) is 21.9 Å². The number of para-hydroxylation sites is 3. The van der Waals surface area contributed by atoms with E-state index in [1.165, 1.54) is 5.69 Å². The van der Waals surface area contributed by atoms with E-state index in [1.54, 1.807) is 12.0 Å². The van der Waals surface area contributed by atoms with E-state index in [0.717, 1.165) is 51.4 Å². The summed E-state index contributed by atoms with van der Waals surface area (Å²) in [5, 5.41) is 0. The van der Waals surface area contributed by atoms with Gasteiger partial charge in [0.25, 0.3) is 5.91 Å². The quantitative estimate of drug-likeness (QED) is 0.770. The molecule has 2 aromatic rings. The average Bonchev–Trinajstić information content (AvgIpc) is 2.76. The maximum Gasteiger partial charge on any atom is 0.260 e. The SMILES string of the molecule is COc1ccccc1N1CCN(CCCN2COc3ccccc3C2=O)CC1. The summed E-state index contributed by atoms with van der Waals surface area (Å²) >= 11 is 0. The van der Waals surface area contributed by atoms with Gasteiger partial charge in [-0.3, -0.25) is 9.69 Å². The lowest BCUT2D eigenvalue weighted by atomic mass is 10.1. The third-order valence-electron chi connectivity index (χ3n) is 5.48. The summed E-state index contributed by atoms with van der Waals surface area (Å²) < 4.78 is 11.2. The minimum atomic E-state index is 0.0721. The van der Waals surface area contributed by atoms with E-state index in [4.69, 9.17) is 9.47 Å². The van der Waals surface area contributed by atoms with Gasteiger partial charge in [-0.1, -0.05) is 24.3 Å². The summed E-state index contributed by atoms with van der Waals surface area (Å²) in [7, 11) is 1.72. The summed E-state index contributed by atoms with van der Waals surface area (Å²) in [6, 6.07) is 15.7. The number of fused-ring (bicyclic) bond motifs is 1. The summed E-state index contributed by atoms with van der Waals surface area (Å²) in [5.74, 6) is 1.69. The standard InChI is InChI=1S/C22H27N3O3/c1-27-21-10-5-3-8-19(21)24-15-13-23(14-16-24)11-6-12-25-17-28-20-9-4-2-7-18(20)22(25)26/h2-5,7-10H,6,11-17H2,1H3. The van der Waals surface area contributed by atoms with Gasteiger partial charge < -0.3 is 19.3 Å². The minimum absolute atomic E-state index is 0.0721. The van der Waals surface area contributed by atoms with E-state index in [-0.39, 0.29) is 5.91 Å². The number of anilines is 1. The molecule has 2 heterocycles. The molecule has 0 unspecified atom stereocenters. The molecule has 28 heavy (non-hydrogen) atoms. The van der Waals surface area contributed by atoms with Crippen molar-refractivity contribution in [3.8, 4) is 11.5 Å². The Balaban J connectivity index is 1.24. The molecule has 0 spiro atoms. The predicted molar refractivity (Wildman–Crippen MR) is 109 cm³/mol. The summed E-state index contributed by atoms with van der Waals surface area (Å²) in [4.78, 5) is 19.2. The van der Waals surface area contributed by atoms with Gasteiger partial charge in [-0.25, -0.2) is 0 Å². The number of hydrogen-bond donors (Lipinski definition) is 0. The number of amides is 1. The second-order valence-electron chi connectivity index (χ2n) is 7.19. The van der Waals surface area contributed by atoms with Crippen LogP contribution in [0.4, 0.5) is 5.69 Å². The molecular formula is C22H27N3O3. The number of piperazine rings is 1. The molecule has 0 N–H and O–H groups in total. The Hall–Kier alpha value is -2.73. The lowest BCUT2D eigenvalue weighted by Crippen LogP contribution is -2.47. The van der Waals surface area contributed by atoms with Gasteiger partial charge in [0.15, 0.2) is 6.73 Å². The summed E-state index contributed by atoms with van der Waals surface area (Å²) in [6.45, 7) is 6.07. The number of carbonyl (C=O) groups is 1. The molecule has 1 fully saturated rings. The van der Waals surface area contributed by atoms with Crippen LogP contribution in [0.5, 0.6) is 11.5 Å². The minimum Gasteiger partial charge on any atom is -0.495 e. The highest BCUT2D eigenvalue weighted by atomic mass is 16.5. The van der Waals surface area contributed by atoms with Crippen LogP contribution in [0.25, 0.3) is 0 Å². The molecule has 2 aliphatic heterocycles. The Morgan fingerprint density at radius 2 is 1.71 bits per heavy atom. The van der Waals surface area contributed by atoms with Gasteiger partial charge >= 0.3 is 0 Å². The van der Waals surface area contributed by atoms with Gasteiger partial charge in [0.2, 0.25) is 0 Å². The number of ether oxygens (including phenoxy) is 2. The van der Waals surface area contributed by atoms with Gasteiger partial charge in [-0.05, 0) is 37.2 Å². The summed E-state index contributed by atoms with van der Waals surface area (Å²) in [5.41, 5.74) is 1.83. The maximum absolute atomic E-state index is 12.6. The van der Waals surface area contributed by atoms with Crippen LogP contribution in [0.3, 0.4) is 0 Å². The Bertz CT molecular complexity index is 818. The normalized spacial score (nSPS) is 17.2. The molecule has 4 rings (SSSR count). The molecule has 6 nitrogen and oxygen atoms in total. The number of rotatable bonds is 6. The molecule has 148 valence electrons. The van der Waals surface area contributed by atoms with Crippen molar-refractivity contribution >= 4 is 11.6 Å². The molecule has 1 saturated heterocycles. The van der Waals surface area contributed by atoms with Crippen LogP contribution in [0.1, 0.15) is 16.8 Å². The fraction of sp³-hybridized carbons (Fsp3) is 0.409. The molecule has 2 aromatic carbocycles. The first kappa shape index (κ1) is 18.6. The molecule has 0 aliphatic carbocycles. The molecule has 0 bridgehead atoms. The molecular weight excluding hydrogens is 354 g/mol. The van der Waals surface area contributed by atoms with Crippen molar-refractivity contribution in [2.45, 2.75) is 6.42 Å². The Morgan fingerprint density at radius 3 is 2.54 bits per heavy atom. The fourth-order valence-corrected chi connectivity index (χ4v) is 3.90. The van der Waals surface area contributed by atoms with Gasteiger partial charge in [0.05, 0.1) is 18.4 Å². The Morgan fingerprint density at radius 1 is 0.964 bits per heavy atom. The van der Waals surface area contributed by atoms with Crippen molar-refractivity contribution < 1.29 is 14.3 Å². The Labute approximate surface area is 166 Å². The lowest BCUT2D eigenvalue weighted by Gasteiger charge is -2.37. The van der Waals surface area contributed by atoms with Crippen molar-refractivity contribution in [3.63, 3.8) is 0 Å². The van der Waals surface area contributed by atoms with E-state index in [0.29, 0.717) is 18.0 Å². The van der Waals surface area contributed by atoms with Gasteiger partial charge in [0.1, 0.15) is 11.5 Å². The third-order valence-corrected chi connectivity index (χ3v) is 5.48. The zero-order valence-corrected chi connectivity index (χ0v) is 16.3. The topological polar surface area (TPSA) is 45.2 Å². The number of nitrogens with zero attached hydrogens (tertiary/aromatic N) is 3. The van der Waals surface area contributed by atoms with Crippen LogP contribution in [0.15, 0.2) is 48.5 Å². The largest absolute Gasteiger partial charge is 0.495 e. The highest BCUT2D eigenvalue weighted by Gasteiger charge is 2.25. The third kappa shape index (κ3) is 3.92. The number of methoxy groups -OCH3 is 1.